The van der Waals surface area contributed by atoms with Gasteiger partial charge < -0.3 is 15.0 Å². The van der Waals surface area contributed by atoms with Gasteiger partial charge in [-0.15, -0.1) is 0 Å². The smallest absolute Gasteiger partial charge is 0.335 e. The first-order chi connectivity index (χ1) is 12.1. The van der Waals surface area contributed by atoms with E-state index in [0.29, 0.717) is 9.04 Å². The van der Waals surface area contributed by atoms with Crippen molar-refractivity contribution in [1.82, 2.24) is 9.55 Å². The number of aromatic carboxylic acids is 1. The molecule has 0 saturated heterocycles. The van der Waals surface area contributed by atoms with Gasteiger partial charge in [0.1, 0.15) is 11.3 Å². The molecule has 0 atom stereocenters. The molecule has 0 saturated carbocycles. The van der Waals surface area contributed by atoms with Crippen LogP contribution in [0.4, 0.5) is 20.4 Å². The summed E-state index contributed by atoms with van der Waals surface area (Å²) in [5.74, 6) is -3.45. The van der Waals surface area contributed by atoms with Crippen molar-refractivity contribution in [3.63, 3.8) is 0 Å². The third-order valence-electron chi connectivity index (χ3n) is 3.14. The minimum Gasteiger partial charge on any atom is -0.478 e. The highest BCUT2D eigenvalue weighted by Gasteiger charge is 2.16. The number of carboxylic acid groups (broad SMARTS) is 1. The lowest BCUT2D eigenvalue weighted by atomic mass is 10.2. The molecule has 1 aromatic heterocycles. The first-order valence-corrected chi connectivity index (χ1v) is 7.05. The Hall–Kier alpha value is -2.48. The van der Waals surface area contributed by atoms with E-state index >= 15 is 0 Å². The number of nitrogens with zero attached hydrogens (tertiary/aromatic N) is 2. The molecular formula is C15H10BrF2N3O2. The molecule has 1 heterocycles. The highest BCUT2D eigenvalue weighted by molar-refractivity contribution is 9.10. The van der Waals surface area contributed by atoms with Crippen LogP contribution in [0.2, 0.25) is 0 Å². The zero-order valence-electron chi connectivity index (χ0n) is 14.3. The number of fused-ring (bicyclic) bond motifs is 1. The van der Waals surface area contributed by atoms with Gasteiger partial charge in [0, 0.05) is 15.6 Å². The second-order valence-electron chi connectivity index (χ2n) is 4.65. The monoisotopic (exact) mass is 384 g/mol. The number of benzene rings is 2. The highest BCUT2D eigenvalue weighted by atomic mass is 79.9. The van der Waals surface area contributed by atoms with Crippen LogP contribution in [0.5, 0.6) is 0 Å². The molecule has 23 heavy (non-hydrogen) atoms. The fourth-order valence-corrected chi connectivity index (χ4v) is 2.39. The minimum atomic E-state index is -2.81. The van der Waals surface area contributed by atoms with Crippen LogP contribution in [-0.2, 0) is 6.98 Å². The van der Waals surface area contributed by atoms with E-state index in [1.54, 1.807) is 0 Å². The van der Waals surface area contributed by atoms with Crippen molar-refractivity contribution >= 4 is 44.6 Å². The van der Waals surface area contributed by atoms with E-state index in [1.807, 2.05) is 0 Å². The number of aromatic nitrogens is 2. The number of anilines is 2. The summed E-state index contributed by atoms with van der Waals surface area (Å²) in [6.07, 6.45) is 0. The number of nitrogens with one attached hydrogen (secondary N) is 1. The van der Waals surface area contributed by atoms with Gasteiger partial charge in [0.15, 0.2) is 5.82 Å². The number of aryl methyl sites for hydroxylation is 1. The lowest BCUT2D eigenvalue weighted by molar-refractivity contribution is 0.0696. The molecule has 0 amide bonds. The van der Waals surface area contributed by atoms with Crippen LogP contribution in [0.1, 0.15) is 14.5 Å². The SMILES string of the molecule is [2H]C([2H])([2H])n1c(Nc2ccc(Br)cc2F)nc2c(F)cc(C(=O)O)cc21. The minimum absolute atomic E-state index is 0.0760. The van der Waals surface area contributed by atoms with Crippen LogP contribution in [0.25, 0.3) is 11.0 Å². The molecule has 3 aromatic rings. The summed E-state index contributed by atoms with van der Waals surface area (Å²) >= 11 is 3.10. The number of hydrogen-bond donors (Lipinski definition) is 2. The summed E-state index contributed by atoms with van der Waals surface area (Å²) in [6, 6.07) is 5.78. The first kappa shape index (κ1) is 12.0. The molecule has 0 unspecified atom stereocenters. The van der Waals surface area contributed by atoms with Gasteiger partial charge >= 0.3 is 5.97 Å². The number of carboxylic acids is 1. The Kier molecular flexibility index (Phi) is 2.93. The van der Waals surface area contributed by atoms with Gasteiger partial charge in [0.25, 0.3) is 0 Å². The van der Waals surface area contributed by atoms with Gasteiger partial charge in [-0.2, -0.15) is 0 Å². The molecule has 8 heteroatoms. The normalized spacial score (nSPS) is 13.4. The van der Waals surface area contributed by atoms with Crippen molar-refractivity contribution in [3.8, 4) is 0 Å². The average Bonchev–Trinajstić information content (AvgIpc) is 2.88. The van der Waals surface area contributed by atoms with Crippen molar-refractivity contribution < 1.29 is 22.8 Å². The molecule has 5 nitrogen and oxygen atoms in total. The Morgan fingerprint density at radius 3 is 2.78 bits per heavy atom. The number of rotatable bonds is 3. The van der Waals surface area contributed by atoms with Gasteiger partial charge in [-0.1, -0.05) is 15.9 Å². The second kappa shape index (κ2) is 5.62. The molecule has 0 bridgehead atoms. The second-order valence-corrected chi connectivity index (χ2v) is 5.57. The van der Waals surface area contributed by atoms with Crippen LogP contribution in [0.3, 0.4) is 0 Å². The zero-order chi connectivity index (χ0) is 19.2. The maximum atomic E-state index is 14.2. The molecular weight excluding hydrogens is 372 g/mol. The Balaban J connectivity index is 2.24. The van der Waals surface area contributed by atoms with Crippen LogP contribution in [0.15, 0.2) is 34.8 Å². The summed E-state index contributed by atoms with van der Waals surface area (Å²) in [4.78, 5) is 15.0. The quantitative estimate of drug-likeness (QED) is 0.714. The molecule has 2 N–H and O–H groups in total. The standard InChI is InChI=1S/C15H10BrF2N3O2/c1-21-12-5-7(14(22)23)4-10(18)13(12)20-15(21)19-11-3-2-8(16)6-9(11)17/h2-6H,1H3,(H,19,20)(H,22,23)/i1D3. The summed E-state index contributed by atoms with van der Waals surface area (Å²) < 4.78 is 52.4. The third-order valence-corrected chi connectivity index (χ3v) is 3.63. The fourth-order valence-electron chi connectivity index (χ4n) is 2.05. The summed E-state index contributed by atoms with van der Waals surface area (Å²) in [5.41, 5.74) is -1.09. The van der Waals surface area contributed by atoms with Crippen molar-refractivity contribution in [3.05, 3.63) is 52.0 Å². The number of carbonyl (C=O) groups is 1. The highest BCUT2D eigenvalue weighted by Crippen LogP contribution is 2.27. The predicted octanol–water partition coefficient (Wildman–Crippen LogP) is 4.06. The molecule has 0 aliphatic carbocycles. The predicted molar refractivity (Wildman–Crippen MR) is 85.0 cm³/mol. The van der Waals surface area contributed by atoms with Crippen LogP contribution >= 0.6 is 15.9 Å². The Bertz CT molecular complexity index is 1040. The molecule has 3 rings (SSSR count). The maximum absolute atomic E-state index is 14.2. The number of hydrogen-bond acceptors (Lipinski definition) is 3. The molecule has 118 valence electrons. The number of halogens is 3. The molecule has 0 fully saturated rings. The lowest BCUT2D eigenvalue weighted by Crippen LogP contribution is -2.01. The first-order valence-electron chi connectivity index (χ1n) is 7.76. The van der Waals surface area contributed by atoms with Crippen molar-refractivity contribution in [2.24, 2.45) is 6.98 Å². The maximum Gasteiger partial charge on any atom is 0.335 e. The molecule has 0 aliphatic rings. The van der Waals surface area contributed by atoms with Gasteiger partial charge in [-0.25, -0.2) is 18.6 Å². The molecule has 2 aromatic carbocycles. The van der Waals surface area contributed by atoms with E-state index in [9.17, 15) is 13.6 Å². The largest absolute Gasteiger partial charge is 0.478 e. The molecule has 0 radical (unpaired) electrons. The van der Waals surface area contributed by atoms with Crippen LogP contribution < -0.4 is 5.32 Å². The molecule has 0 aliphatic heterocycles. The van der Waals surface area contributed by atoms with Gasteiger partial charge in [-0.05, 0) is 30.3 Å². The topological polar surface area (TPSA) is 67.2 Å². The Morgan fingerprint density at radius 2 is 2.13 bits per heavy atom. The lowest BCUT2D eigenvalue weighted by Gasteiger charge is -2.07. The Labute approximate surface area is 141 Å². The molecule has 0 spiro atoms. The summed E-state index contributed by atoms with van der Waals surface area (Å²) in [6.45, 7) is -2.81. The third kappa shape index (κ3) is 2.77. The van der Waals surface area contributed by atoms with Crippen LogP contribution in [0, 0.1) is 11.6 Å². The van der Waals surface area contributed by atoms with E-state index in [0.717, 1.165) is 18.2 Å². The van der Waals surface area contributed by atoms with Gasteiger partial charge in [0.05, 0.1) is 16.8 Å². The average molecular weight is 385 g/mol. The van der Waals surface area contributed by atoms with E-state index in [4.69, 9.17) is 9.22 Å². The van der Waals surface area contributed by atoms with Gasteiger partial charge in [0.2, 0.25) is 5.95 Å². The van der Waals surface area contributed by atoms with E-state index in [1.165, 1.54) is 12.1 Å². The summed E-state index contributed by atoms with van der Waals surface area (Å²) in [7, 11) is 0. The van der Waals surface area contributed by atoms with Gasteiger partial charge in [-0.3, -0.25) is 0 Å². The van der Waals surface area contributed by atoms with E-state index in [-0.39, 0.29) is 22.7 Å². The fraction of sp³-hybridized carbons (Fsp3) is 0.0667. The van der Waals surface area contributed by atoms with E-state index < -0.39 is 30.1 Å². The zero-order valence-corrected chi connectivity index (χ0v) is 12.9. The van der Waals surface area contributed by atoms with E-state index in [2.05, 4.69) is 26.2 Å². The number of imidazole rings is 1. The van der Waals surface area contributed by atoms with Crippen LogP contribution in [-0.4, -0.2) is 20.6 Å². The van der Waals surface area contributed by atoms with Crippen molar-refractivity contribution in [2.75, 3.05) is 5.32 Å². The van der Waals surface area contributed by atoms with Crippen molar-refractivity contribution in [1.29, 1.82) is 0 Å². The van der Waals surface area contributed by atoms with Crippen molar-refractivity contribution in [2.45, 2.75) is 0 Å². The Morgan fingerprint density at radius 1 is 1.35 bits per heavy atom. The summed E-state index contributed by atoms with van der Waals surface area (Å²) in [5, 5.41) is 11.6.